The van der Waals surface area contributed by atoms with Gasteiger partial charge in [-0.1, -0.05) is 48.0 Å². The number of carbonyl (C=O) groups excluding carboxylic acids is 2. The molecule has 1 unspecified atom stereocenters. The smallest absolute Gasteiger partial charge is 0.321 e. The first-order valence-electron chi connectivity index (χ1n) is 12.3. The number of sulfone groups is 1. The number of urea groups is 1. The second kappa shape index (κ2) is 11.4. The van der Waals surface area contributed by atoms with Crippen LogP contribution in [-0.4, -0.2) is 54.3 Å². The third kappa shape index (κ3) is 5.48. The van der Waals surface area contributed by atoms with E-state index in [0.717, 1.165) is 16.0 Å². The number of halogens is 1. The molecule has 0 radical (unpaired) electrons. The number of hydrogen-bond donors (Lipinski definition) is 3. The lowest BCUT2D eigenvalue weighted by Crippen LogP contribution is -2.41. The highest BCUT2D eigenvalue weighted by atomic mass is 35.5. The maximum absolute atomic E-state index is 13.8. The number of rotatable bonds is 6. The Bertz CT molecular complexity index is 1620. The number of anilines is 1. The summed E-state index contributed by atoms with van der Waals surface area (Å²) in [5.41, 5.74) is 3.68. The number of nitrogens with zero attached hydrogens (tertiary/aromatic N) is 2. The first kappa shape index (κ1) is 27.8. The Kier molecular flexibility index (Phi) is 7.95. The highest BCUT2D eigenvalue weighted by molar-refractivity contribution is 7.92. The predicted molar refractivity (Wildman–Crippen MR) is 152 cm³/mol. The number of nitrogens with one attached hydrogen (secondary N) is 2. The van der Waals surface area contributed by atoms with E-state index in [-0.39, 0.29) is 25.3 Å². The summed E-state index contributed by atoms with van der Waals surface area (Å²) in [7, 11) is -3.96. The van der Waals surface area contributed by atoms with Crippen molar-refractivity contribution in [3.8, 4) is 21.8 Å². The number of para-hydroxylation sites is 1. The van der Waals surface area contributed by atoms with E-state index in [4.69, 9.17) is 16.0 Å². The van der Waals surface area contributed by atoms with Gasteiger partial charge in [0.1, 0.15) is 4.75 Å². The van der Waals surface area contributed by atoms with Crippen molar-refractivity contribution in [1.82, 2.24) is 15.4 Å². The second-order valence-electron chi connectivity index (χ2n) is 9.28. The van der Waals surface area contributed by atoms with Crippen LogP contribution in [0.1, 0.15) is 17.7 Å². The first-order valence-corrected chi connectivity index (χ1v) is 15.1. The summed E-state index contributed by atoms with van der Waals surface area (Å²) in [6, 6.07) is 17.3. The lowest BCUT2D eigenvalue weighted by atomic mass is 9.97. The van der Waals surface area contributed by atoms with Crippen molar-refractivity contribution in [3.05, 3.63) is 83.2 Å². The topological polar surface area (TPSA) is 142 Å². The predicted octanol–water partition coefficient (Wildman–Crippen LogP) is 5.17. The third-order valence-corrected chi connectivity index (χ3v) is 11.2. The molecule has 0 bridgehead atoms. The number of amides is 3. The van der Waals surface area contributed by atoms with Gasteiger partial charge in [0.15, 0.2) is 22.0 Å². The van der Waals surface area contributed by atoms with Gasteiger partial charge < -0.3 is 14.6 Å². The van der Waals surface area contributed by atoms with Crippen LogP contribution in [0.15, 0.2) is 77.7 Å². The Morgan fingerprint density at radius 3 is 2.52 bits per heavy atom. The second-order valence-corrected chi connectivity index (χ2v) is 13.2. The van der Waals surface area contributed by atoms with E-state index in [0.29, 0.717) is 21.3 Å². The summed E-state index contributed by atoms with van der Waals surface area (Å²) >= 11 is 7.43. The third-order valence-electron chi connectivity index (χ3n) is 6.93. The van der Waals surface area contributed by atoms with Gasteiger partial charge in [-0.2, -0.15) is 0 Å². The van der Waals surface area contributed by atoms with E-state index in [9.17, 15) is 23.2 Å². The Morgan fingerprint density at radius 1 is 1.07 bits per heavy atom. The zero-order valence-corrected chi connectivity index (χ0v) is 23.4. The van der Waals surface area contributed by atoms with Crippen molar-refractivity contribution in [2.75, 3.05) is 24.2 Å². The van der Waals surface area contributed by atoms with Gasteiger partial charge in [0.05, 0.1) is 29.1 Å². The number of thiophene rings is 1. The number of benzene rings is 2. The minimum Gasteiger partial charge on any atom is -0.444 e. The van der Waals surface area contributed by atoms with Gasteiger partial charge in [0.25, 0.3) is 0 Å². The minimum atomic E-state index is -3.96. The van der Waals surface area contributed by atoms with E-state index in [2.05, 4.69) is 10.3 Å². The van der Waals surface area contributed by atoms with Gasteiger partial charge in [-0.3, -0.25) is 10.0 Å². The van der Waals surface area contributed by atoms with Gasteiger partial charge >= 0.3 is 6.03 Å². The Balaban J connectivity index is 1.44. The van der Waals surface area contributed by atoms with Gasteiger partial charge in [-0.15, -0.1) is 11.3 Å². The molecule has 0 aliphatic carbocycles. The summed E-state index contributed by atoms with van der Waals surface area (Å²) < 4.78 is 31.4. The zero-order chi connectivity index (χ0) is 28.3. The molecule has 40 heavy (non-hydrogen) atoms. The average Bonchev–Trinajstić information content (AvgIpc) is 3.64. The number of oxazole rings is 1. The quantitative estimate of drug-likeness (QED) is 0.205. The summed E-state index contributed by atoms with van der Waals surface area (Å²) in [6.07, 6.45) is 2.44. The number of hydrogen-bond acceptors (Lipinski definition) is 8. The number of carbonyl (C=O) groups is 2. The van der Waals surface area contributed by atoms with Gasteiger partial charge in [0.2, 0.25) is 5.91 Å². The molecule has 0 spiro atoms. The van der Waals surface area contributed by atoms with E-state index in [1.54, 1.807) is 42.0 Å². The van der Waals surface area contributed by atoms with Crippen LogP contribution in [0, 0.1) is 0 Å². The fourth-order valence-corrected chi connectivity index (χ4v) is 8.52. The maximum Gasteiger partial charge on any atom is 0.321 e. The summed E-state index contributed by atoms with van der Waals surface area (Å²) in [5, 5.41) is 12.4. The molecule has 1 fully saturated rings. The monoisotopic (exact) mass is 600 g/mol. The van der Waals surface area contributed by atoms with E-state index in [1.807, 2.05) is 30.3 Å². The van der Waals surface area contributed by atoms with Crippen LogP contribution in [0.2, 0.25) is 5.02 Å². The van der Waals surface area contributed by atoms with Crippen molar-refractivity contribution in [2.24, 2.45) is 0 Å². The van der Waals surface area contributed by atoms with Crippen molar-refractivity contribution in [1.29, 1.82) is 0 Å². The number of hydroxylamine groups is 1. The van der Waals surface area contributed by atoms with Crippen LogP contribution in [0.4, 0.5) is 10.5 Å². The van der Waals surface area contributed by atoms with Crippen LogP contribution in [-0.2, 0) is 19.4 Å². The fraction of sp³-hybridized carbons (Fsp3) is 0.222. The van der Waals surface area contributed by atoms with E-state index >= 15 is 0 Å². The van der Waals surface area contributed by atoms with Gasteiger partial charge in [0, 0.05) is 28.4 Å². The molecule has 3 amide bonds. The fourth-order valence-electron chi connectivity index (χ4n) is 4.72. The minimum absolute atomic E-state index is 0.0386. The van der Waals surface area contributed by atoms with Crippen molar-refractivity contribution in [3.63, 3.8) is 0 Å². The molecule has 1 aliphatic heterocycles. The molecule has 10 nitrogen and oxygen atoms in total. The van der Waals surface area contributed by atoms with Crippen LogP contribution in [0.3, 0.4) is 0 Å². The molecule has 208 valence electrons. The van der Waals surface area contributed by atoms with Gasteiger partial charge in [-0.25, -0.2) is 23.7 Å². The molecule has 0 saturated carbocycles. The van der Waals surface area contributed by atoms with Crippen LogP contribution in [0.25, 0.3) is 21.8 Å². The summed E-state index contributed by atoms with van der Waals surface area (Å²) in [5.74, 6) is -0.565. The van der Waals surface area contributed by atoms with E-state index in [1.165, 1.54) is 22.6 Å². The molecule has 2 aromatic carbocycles. The molecule has 3 heterocycles. The van der Waals surface area contributed by atoms with Crippen molar-refractivity contribution >= 4 is 50.4 Å². The molecule has 3 N–H and O–H groups in total. The average molecular weight is 601 g/mol. The van der Waals surface area contributed by atoms with Gasteiger partial charge in [-0.05, 0) is 36.2 Å². The molecule has 1 saturated heterocycles. The standard InChI is InChI=1S/C27H25ClN4O6S2/c28-20-3-1-2-4-21(20)30-26(34)32-12-11-27(15-25(33)31-35,40(36,37)14-13-32)24-10-9-23(39-24)19-7-5-18(6-8-19)22-16-29-17-38-22/h1-10,16-17,35H,11-15H2,(H,30,34)(H,31,33). The Morgan fingerprint density at radius 2 is 1.82 bits per heavy atom. The number of aromatic nitrogens is 1. The normalized spacial score (nSPS) is 18.6. The highest BCUT2D eigenvalue weighted by Crippen LogP contribution is 2.45. The lowest BCUT2D eigenvalue weighted by molar-refractivity contribution is -0.129. The molecule has 1 atom stereocenters. The summed E-state index contributed by atoms with van der Waals surface area (Å²) in [4.78, 5) is 32.1. The Hall–Kier alpha value is -3.71. The van der Waals surface area contributed by atoms with Crippen molar-refractivity contribution in [2.45, 2.75) is 17.6 Å². The van der Waals surface area contributed by atoms with Crippen LogP contribution in [0.5, 0.6) is 0 Å². The molecule has 1 aliphatic rings. The zero-order valence-electron chi connectivity index (χ0n) is 21.0. The van der Waals surface area contributed by atoms with Crippen molar-refractivity contribution < 1.29 is 27.6 Å². The molecule has 4 aromatic rings. The Labute approximate surface area is 239 Å². The molecular formula is C27H25ClN4O6S2. The van der Waals surface area contributed by atoms with Crippen LogP contribution < -0.4 is 10.8 Å². The lowest BCUT2D eigenvalue weighted by Gasteiger charge is -2.30. The SMILES string of the molecule is O=C(CC1(c2ccc(-c3ccc(-c4cnco4)cc3)s2)CCN(C(=O)Nc2ccccc2Cl)CCS1(=O)=O)NO. The molecule has 13 heteroatoms. The highest BCUT2D eigenvalue weighted by Gasteiger charge is 2.50. The van der Waals surface area contributed by atoms with Crippen LogP contribution >= 0.6 is 22.9 Å². The molecule has 2 aromatic heterocycles. The first-order chi connectivity index (χ1) is 19.2. The molecular weight excluding hydrogens is 576 g/mol. The maximum atomic E-state index is 13.8. The largest absolute Gasteiger partial charge is 0.444 e. The van der Waals surface area contributed by atoms with E-state index < -0.39 is 32.9 Å². The summed E-state index contributed by atoms with van der Waals surface area (Å²) in [6.45, 7) is -0.00418. The molecule has 5 rings (SSSR count).